The molecule has 0 aliphatic heterocycles. The molecule has 1 aromatic heterocycles. The molecule has 4 rings (SSSR count). The second-order valence-corrected chi connectivity index (χ2v) is 7.13. The first-order valence-corrected chi connectivity index (χ1v) is 9.95. The van der Waals surface area contributed by atoms with Gasteiger partial charge >= 0.3 is 0 Å². The molecule has 0 radical (unpaired) electrons. The van der Waals surface area contributed by atoms with Gasteiger partial charge in [-0.2, -0.15) is 0 Å². The minimum absolute atomic E-state index is 0.556. The fourth-order valence-electron chi connectivity index (χ4n) is 3.66. The fraction of sp³-hybridized carbons (Fsp3) is 0.208. The van der Waals surface area contributed by atoms with E-state index in [1.165, 1.54) is 5.56 Å². The van der Waals surface area contributed by atoms with Crippen LogP contribution in [0.15, 0.2) is 72.6 Å². The van der Waals surface area contributed by atoms with Gasteiger partial charge in [-0.25, -0.2) is 9.97 Å². The molecule has 0 amide bonds. The van der Waals surface area contributed by atoms with Crippen molar-refractivity contribution in [2.75, 3.05) is 12.4 Å². The smallest absolute Gasteiger partial charge is 0.227 e. The number of benzene rings is 2. The Kier molecular flexibility index (Phi) is 5.66. The van der Waals surface area contributed by atoms with Gasteiger partial charge in [-0.3, -0.25) is 0 Å². The second-order valence-electron chi connectivity index (χ2n) is 7.13. The molecule has 2 aromatic carbocycles. The third-order valence-electron chi connectivity index (χ3n) is 5.19. The molecule has 146 valence electrons. The lowest BCUT2D eigenvalue weighted by atomic mass is 9.88. The normalized spacial score (nSPS) is 14.9. The summed E-state index contributed by atoms with van der Waals surface area (Å²) < 4.78 is 0. The van der Waals surface area contributed by atoms with Crippen molar-refractivity contribution in [2.24, 2.45) is 0 Å². The summed E-state index contributed by atoms with van der Waals surface area (Å²) in [6.07, 6.45) is 5.17. The third kappa shape index (κ3) is 4.35. The van der Waals surface area contributed by atoms with Gasteiger partial charge in [-0.1, -0.05) is 48.5 Å². The zero-order valence-corrected chi connectivity index (χ0v) is 16.6. The van der Waals surface area contributed by atoms with Crippen LogP contribution in [0.5, 0.6) is 0 Å². The highest BCUT2D eigenvalue weighted by Crippen LogP contribution is 2.31. The van der Waals surface area contributed by atoms with E-state index < -0.39 is 0 Å². The van der Waals surface area contributed by atoms with Gasteiger partial charge in [0.1, 0.15) is 0 Å². The van der Waals surface area contributed by atoms with Gasteiger partial charge in [0, 0.05) is 35.9 Å². The summed E-state index contributed by atoms with van der Waals surface area (Å²) in [4.78, 5) is 9.29. The van der Waals surface area contributed by atoms with Gasteiger partial charge < -0.3 is 16.0 Å². The number of nitrogens with zero attached hydrogens (tertiary/aromatic N) is 2. The summed E-state index contributed by atoms with van der Waals surface area (Å²) in [5.74, 6) is 0.556. The van der Waals surface area contributed by atoms with Crippen LogP contribution in [0.1, 0.15) is 29.7 Å². The molecule has 0 saturated heterocycles. The molecule has 0 spiro atoms. The number of aryl methyl sites for hydroxylation is 2. The van der Waals surface area contributed by atoms with Crippen molar-refractivity contribution in [3.8, 4) is 0 Å². The number of rotatable bonds is 6. The van der Waals surface area contributed by atoms with Crippen LogP contribution >= 0.6 is 0 Å². The Labute approximate surface area is 171 Å². The van der Waals surface area contributed by atoms with E-state index in [1.54, 1.807) is 0 Å². The molecule has 0 atom stereocenters. The highest BCUT2D eigenvalue weighted by Gasteiger charge is 2.24. The van der Waals surface area contributed by atoms with Crippen LogP contribution in [-0.4, -0.2) is 22.7 Å². The molecule has 1 aliphatic rings. The van der Waals surface area contributed by atoms with Crippen LogP contribution in [0.3, 0.4) is 0 Å². The molecule has 1 heterocycles. The van der Waals surface area contributed by atoms with Crippen LogP contribution in [-0.2, 0) is 12.8 Å². The predicted octanol–water partition coefficient (Wildman–Crippen LogP) is 4.75. The van der Waals surface area contributed by atoms with E-state index in [1.807, 2.05) is 49.6 Å². The molecule has 1 aliphatic carbocycles. The van der Waals surface area contributed by atoms with E-state index in [4.69, 9.17) is 10.4 Å². The van der Waals surface area contributed by atoms with Crippen molar-refractivity contribution in [2.45, 2.75) is 25.7 Å². The van der Waals surface area contributed by atoms with Gasteiger partial charge in [0.15, 0.2) is 0 Å². The van der Waals surface area contributed by atoms with Crippen molar-refractivity contribution in [1.82, 2.24) is 15.3 Å². The van der Waals surface area contributed by atoms with Crippen LogP contribution in [0, 0.1) is 5.41 Å². The first kappa shape index (κ1) is 18.9. The maximum absolute atomic E-state index is 8.61. The second kappa shape index (κ2) is 8.69. The predicted molar refractivity (Wildman–Crippen MR) is 119 cm³/mol. The maximum Gasteiger partial charge on any atom is 0.227 e. The van der Waals surface area contributed by atoms with Crippen molar-refractivity contribution in [3.05, 3.63) is 89.4 Å². The summed E-state index contributed by atoms with van der Waals surface area (Å²) in [7, 11) is 1.93. The van der Waals surface area contributed by atoms with Crippen molar-refractivity contribution >= 4 is 22.9 Å². The largest absolute Gasteiger partial charge is 0.391 e. The zero-order chi connectivity index (χ0) is 20.1. The Hall–Kier alpha value is -3.47. The number of nitrogens with one attached hydrogen (secondary N) is 3. The highest BCUT2D eigenvalue weighted by atomic mass is 15.1. The van der Waals surface area contributed by atoms with Gasteiger partial charge in [0.25, 0.3) is 0 Å². The van der Waals surface area contributed by atoms with Crippen LogP contribution in [0.25, 0.3) is 5.57 Å². The number of hydrogen-bond acceptors (Lipinski definition) is 5. The van der Waals surface area contributed by atoms with Crippen molar-refractivity contribution in [3.63, 3.8) is 0 Å². The standard InChI is InChI=1S/C24H25N5/c1-26-21(15-12-17-8-4-2-5-9-17)22-20(25)14-13-18-16-27-24(29-23(18)22)28-19-10-6-3-7-11-19/h2-11,16,25-26H,12-15H2,1H3,(H,27,28,29)/b22-21+,25-20?. The average molecular weight is 383 g/mol. The van der Waals surface area contributed by atoms with E-state index in [0.717, 1.165) is 47.5 Å². The SMILES string of the molecule is CN/C(CCc1ccccc1)=C1\C(=N)CCc2cnc(Nc3ccccc3)nc21. The lowest BCUT2D eigenvalue weighted by molar-refractivity contribution is 0.834. The number of aromatic nitrogens is 2. The first-order chi connectivity index (χ1) is 14.2. The Morgan fingerprint density at radius 3 is 2.45 bits per heavy atom. The Bertz CT molecular complexity index is 1030. The quantitative estimate of drug-likeness (QED) is 0.574. The van der Waals surface area contributed by atoms with Crippen LogP contribution < -0.4 is 10.6 Å². The summed E-state index contributed by atoms with van der Waals surface area (Å²) >= 11 is 0. The zero-order valence-electron chi connectivity index (χ0n) is 16.6. The topological polar surface area (TPSA) is 73.7 Å². The summed E-state index contributed by atoms with van der Waals surface area (Å²) in [5, 5.41) is 15.2. The lowest BCUT2D eigenvalue weighted by Crippen LogP contribution is -2.21. The van der Waals surface area contributed by atoms with E-state index in [0.29, 0.717) is 18.1 Å². The van der Waals surface area contributed by atoms with Gasteiger partial charge in [0.2, 0.25) is 5.95 Å². The monoisotopic (exact) mass is 383 g/mol. The summed E-state index contributed by atoms with van der Waals surface area (Å²) in [6, 6.07) is 20.3. The van der Waals surface area contributed by atoms with Crippen LogP contribution in [0.2, 0.25) is 0 Å². The van der Waals surface area contributed by atoms with Gasteiger partial charge in [-0.15, -0.1) is 0 Å². The van der Waals surface area contributed by atoms with Gasteiger partial charge in [-0.05, 0) is 48.9 Å². The van der Waals surface area contributed by atoms with E-state index in [2.05, 4.69) is 39.9 Å². The summed E-state index contributed by atoms with van der Waals surface area (Å²) in [6.45, 7) is 0. The minimum Gasteiger partial charge on any atom is -0.391 e. The summed E-state index contributed by atoms with van der Waals surface area (Å²) in [5.41, 5.74) is 6.82. The van der Waals surface area contributed by atoms with E-state index in [9.17, 15) is 0 Å². The fourth-order valence-corrected chi connectivity index (χ4v) is 3.66. The Morgan fingerprint density at radius 1 is 1.00 bits per heavy atom. The Balaban J connectivity index is 1.67. The molecule has 3 aromatic rings. The van der Waals surface area contributed by atoms with Gasteiger partial charge in [0.05, 0.1) is 5.69 Å². The van der Waals surface area contributed by atoms with Crippen molar-refractivity contribution in [1.29, 1.82) is 5.41 Å². The molecular weight excluding hydrogens is 358 g/mol. The van der Waals surface area contributed by atoms with E-state index >= 15 is 0 Å². The van der Waals surface area contributed by atoms with Crippen LogP contribution in [0.4, 0.5) is 11.6 Å². The van der Waals surface area contributed by atoms with Crippen molar-refractivity contribution < 1.29 is 0 Å². The molecule has 29 heavy (non-hydrogen) atoms. The first-order valence-electron chi connectivity index (χ1n) is 9.95. The number of hydrogen-bond donors (Lipinski definition) is 3. The molecule has 0 fully saturated rings. The average Bonchev–Trinajstić information content (AvgIpc) is 2.77. The van der Waals surface area contributed by atoms with E-state index in [-0.39, 0.29) is 0 Å². The maximum atomic E-state index is 8.61. The molecule has 0 saturated carbocycles. The molecule has 5 nitrogen and oxygen atoms in total. The molecular formula is C24H25N5. The molecule has 5 heteroatoms. The highest BCUT2D eigenvalue weighted by molar-refractivity contribution is 6.24. The number of para-hydroxylation sites is 1. The molecule has 3 N–H and O–H groups in total. The Morgan fingerprint density at radius 2 is 1.72 bits per heavy atom. The number of fused-ring (bicyclic) bond motifs is 1. The third-order valence-corrected chi connectivity index (χ3v) is 5.19. The lowest BCUT2D eigenvalue weighted by Gasteiger charge is -2.23. The number of allylic oxidation sites excluding steroid dienone is 2. The molecule has 0 bridgehead atoms. The number of anilines is 2. The molecule has 0 unspecified atom stereocenters. The minimum atomic E-state index is 0.556.